The Kier molecular flexibility index (Phi) is 4.36. The zero-order valence-corrected chi connectivity index (χ0v) is 11.1. The van der Waals surface area contributed by atoms with E-state index in [1.165, 1.54) is 36.4 Å². The van der Waals surface area contributed by atoms with Crippen molar-refractivity contribution in [3.8, 4) is 0 Å². The predicted molar refractivity (Wildman–Crippen MR) is 70.0 cm³/mol. The lowest BCUT2D eigenvalue weighted by atomic mass is 9.78. The lowest BCUT2D eigenvalue weighted by Gasteiger charge is -2.34. The number of hydrogen-bond donors (Lipinski definition) is 1. The van der Waals surface area contributed by atoms with E-state index in [4.69, 9.17) is 0 Å². The van der Waals surface area contributed by atoms with Crippen LogP contribution in [0.4, 0.5) is 0 Å². The first-order chi connectivity index (χ1) is 7.79. The van der Waals surface area contributed by atoms with Crippen molar-refractivity contribution in [2.24, 2.45) is 5.92 Å². The lowest BCUT2D eigenvalue weighted by molar-refractivity contribution is 0.227. The fraction of sp³-hybridized carbons (Fsp3) is 0.769. The number of nitrogens with zero attached hydrogens (tertiary/aromatic N) is 1. The van der Waals surface area contributed by atoms with Crippen LogP contribution in [0.1, 0.15) is 43.3 Å². The number of nitrogens with one attached hydrogen (secondary N) is 1. The average Bonchev–Trinajstić information content (AvgIpc) is 2.58. The maximum absolute atomic E-state index is 4.58. The largest absolute Gasteiger partial charge is 0.313 e. The topological polar surface area (TPSA) is 24.9 Å². The summed E-state index contributed by atoms with van der Waals surface area (Å²) in [7, 11) is 0. The van der Waals surface area contributed by atoms with Gasteiger partial charge in [-0.1, -0.05) is 13.3 Å². The summed E-state index contributed by atoms with van der Waals surface area (Å²) in [5.74, 6) is 0.899. The second-order valence-electron chi connectivity index (χ2n) is 4.84. The lowest BCUT2D eigenvalue weighted by Crippen LogP contribution is -2.41. The summed E-state index contributed by atoms with van der Waals surface area (Å²) >= 11 is 1.81. The van der Waals surface area contributed by atoms with Gasteiger partial charge >= 0.3 is 0 Å². The Morgan fingerprint density at radius 3 is 2.88 bits per heavy atom. The summed E-state index contributed by atoms with van der Waals surface area (Å²) in [5.41, 5.74) is 1.17. The summed E-state index contributed by atoms with van der Waals surface area (Å²) in [5, 5.41) is 7.16. The van der Waals surface area contributed by atoms with Crippen LogP contribution in [0.25, 0.3) is 0 Å². The number of thiazole rings is 1. The van der Waals surface area contributed by atoms with Crippen molar-refractivity contribution in [2.75, 3.05) is 6.54 Å². The quantitative estimate of drug-likeness (QED) is 0.823. The van der Waals surface area contributed by atoms with E-state index in [1.807, 2.05) is 11.3 Å². The number of aryl methyl sites for hydroxylation is 1. The Morgan fingerprint density at radius 2 is 2.38 bits per heavy atom. The fourth-order valence-corrected chi connectivity index (χ4v) is 3.09. The SMILES string of the molecule is CCCNC(Cc1nc(C)cs1)C1CCC1. The molecule has 1 aromatic rings. The number of aromatic nitrogens is 1. The van der Waals surface area contributed by atoms with Gasteiger partial charge in [0.05, 0.1) is 5.01 Å². The van der Waals surface area contributed by atoms with Crippen LogP contribution in [-0.2, 0) is 6.42 Å². The molecule has 0 amide bonds. The van der Waals surface area contributed by atoms with Gasteiger partial charge in [-0.05, 0) is 38.6 Å². The van der Waals surface area contributed by atoms with Crippen molar-refractivity contribution in [2.45, 2.75) is 52.0 Å². The monoisotopic (exact) mass is 238 g/mol. The normalized spacial score (nSPS) is 18.4. The molecule has 0 aliphatic heterocycles. The molecular weight excluding hydrogens is 216 g/mol. The molecule has 1 aliphatic rings. The summed E-state index contributed by atoms with van der Waals surface area (Å²) in [6.45, 7) is 5.46. The molecule has 2 rings (SSSR count). The van der Waals surface area contributed by atoms with Crippen molar-refractivity contribution in [3.63, 3.8) is 0 Å². The van der Waals surface area contributed by atoms with Crippen LogP contribution in [0.3, 0.4) is 0 Å². The minimum Gasteiger partial charge on any atom is -0.313 e. The van der Waals surface area contributed by atoms with Crippen LogP contribution in [0.15, 0.2) is 5.38 Å². The van der Waals surface area contributed by atoms with E-state index in [9.17, 15) is 0 Å². The molecule has 90 valence electrons. The van der Waals surface area contributed by atoms with Gasteiger partial charge in [-0.15, -0.1) is 11.3 Å². The van der Waals surface area contributed by atoms with E-state index < -0.39 is 0 Å². The van der Waals surface area contributed by atoms with Gasteiger partial charge in [0.2, 0.25) is 0 Å². The minimum absolute atomic E-state index is 0.666. The van der Waals surface area contributed by atoms with Gasteiger partial charge in [-0.2, -0.15) is 0 Å². The van der Waals surface area contributed by atoms with Crippen molar-refractivity contribution in [3.05, 3.63) is 16.1 Å². The van der Waals surface area contributed by atoms with Crippen molar-refractivity contribution in [1.29, 1.82) is 0 Å². The van der Waals surface area contributed by atoms with Gasteiger partial charge in [0.15, 0.2) is 0 Å². The van der Waals surface area contributed by atoms with E-state index in [-0.39, 0.29) is 0 Å². The van der Waals surface area contributed by atoms with Gasteiger partial charge in [-0.3, -0.25) is 0 Å². The van der Waals surface area contributed by atoms with E-state index in [0.29, 0.717) is 6.04 Å². The molecule has 1 saturated carbocycles. The maximum Gasteiger partial charge on any atom is 0.0943 e. The van der Waals surface area contributed by atoms with Gasteiger partial charge < -0.3 is 5.32 Å². The Labute approximate surface area is 102 Å². The molecule has 1 aliphatic carbocycles. The summed E-state index contributed by atoms with van der Waals surface area (Å²) in [6, 6.07) is 0.666. The van der Waals surface area contributed by atoms with Gasteiger partial charge in [0.1, 0.15) is 0 Å². The number of hydrogen-bond acceptors (Lipinski definition) is 3. The third kappa shape index (κ3) is 3.05. The van der Waals surface area contributed by atoms with E-state index >= 15 is 0 Å². The third-order valence-electron chi connectivity index (χ3n) is 3.44. The molecule has 0 bridgehead atoms. The molecule has 1 atom stereocenters. The Morgan fingerprint density at radius 1 is 1.56 bits per heavy atom. The highest BCUT2D eigenvalue weighted by Crippen LogP contribution is 2.31. The summed E-state index contributed by atoms with van der Waals surface area (Å²) in [6.07, 6.45) is 6.59. The van der Waals surface area contributed by atoms with Crippen molar-refractivity contribution in [1.82, 2.24) is 10.3 Å². The second kappa shape index (κ2) is 5.78. The Bertz CT molecular complexity index is 317. The molecule has 0 radical (unpaired) electrons. The molecular formula is C13H22N2S. The first-order valence-corrected chi connectivity index (χ1v) is 7.32. The highest BCUT2D eigenvalue weighted by Gasteiger charge is 2.27. The Hall–Kier alpha value is -0.410. The molecule has 3 heteroatoms. The van der Waals surface area contributed by atoms with Crippen LogP contribution in [0, 0.1) is 12.8 Å². The molecule has 0 aromatic carbocycles. The van der Waals surface area contributed by atoms with Crippen molar-refractivity contribution < 1.29 is 0 Å². The smallest absolute Gasteiger partial charge is 0.0943 e. The molecule has 16 heavy (non-hydrogen) atoms. The first-order valence-electron chi connectivity index (χ1n) is 6.44. The maximum atomic E-state index is 4.58. The second-order valence-corrected chi connectivity index (χ2v) is 5.78. The van der Waals surface area contributed by atoms with Crippen LogP contribution in [0.5, 0.6) is 0 Å². The number of rotatable bonds is 6. The summed E-state index contributed by atoms with van der Waals surface area (Å²) in [4.78, 5) is 4.58. The van der Waals surface area contributed by atoms with Gasteiger partial charge in [0, 0.05) is 23.5 Å². The highest BCUT2D eigenvalue weighted by molar-refractivity contribution is 7.09. The summed E-state index contributed by atoms with van der Waals surface area (Å²) < 4.78 is 0. The molecule has 1 heterocycles. The van der Waals surface area contributed by atoms with Crippen LogP contribution >= 0.6 is 11.3 Å². The van der Waals surface area contributed by atoms with Crippen molar-refractivity contribution >= 4 is 11.3 Å². The Balaban J connectivity index is 1.90. The molecule has 1 N–H and O–H groups in total. The first kappa shape index (κ1) is 12.1. The molecule has 1 aromatic heterocycles. The molecule has 2 nitrogen and oxygen atoms in total. The molecule has 1 fully saturated rings. The molecule has 0 saturated heterocycles. The average molecular weight is 238 g/mol. The van der Waals surface area contributed by atoms with Gasteiger partial charge in [-0.25, -0.2) is 4.98 Å². The van der Waals surface area contributed by atoms with E-state index in [0.717, 1.165) is 18.9 Å². The van der Waals surface area contributed by atoms with E-state index in [2.05, 4.69) is 29.5 Å². The molecule has 0 spiro atoms. The van der Waals surface area contributed by atoms with E-state index in [1.54, 1.807) is 0 Å². The van der Waals surface area contributed by atoms with Gasteiger partial charge in [0.25, 0.3) is 0 Å². The standard InChI is InChI=1S/C13H22N2S/c1-3-7-14-12(11-5-4-6-11)8-13-15-10(2)9-16-13/h9,11-12,14H,3-8H2,1-2H3. The molecule has 1 unspecified atom stereocenters. The van der Waals surface area contributed by atoms with Crippen LogP contribution in [0.2, 0.25) is 0 Å². The predicted octanol–water partition coefficient (Wildman–Crippen LogP) is 3.16. The van der Waals surface area contributed by atoms with Crippen LogP contribution in [-0.4, -0.2) is 17.6 Å². The zero-order valence-electron chi connectivity index (χ0n) is 10.3. The highest BCUT2D eigenvalue weighted by atomic mass is 32.1. The third-order valence-corrected chi connectivity index (χ3v) is 4.43. The zero-order chi connectivity index (χ0) is 11.4. The minimum atomic E-state index is 0.666. The fourth-order valence-electron chi connectivity index (χ4n) is 2.26. The van der Waals surface area contributed by atoms with Crippen LogP contribution < -0.4 is 5.32 Å².